The van der Waals surface area contributed by atoms with Crippen LogP contribution in [-0.4, -0.2) is 21.5 Å². The van der Waals surface area contributed by atoms with Gasteiger partial charge >= 0.3 is 0 Å². The Labute approximate surface area is 118 Å². The molecule has 0 aliphatic carbocycles. The molecule has 0 spiro atoms. The molecule has 102 valence electrons. The summed E-state index contributed by atoms with van der Waals surface area (Å²) in [6.07, 6.45) is 0. The van der Waals surface area contributed by atoms with Crippen molar-refractivity contribution in [1.29, 1.82) is 0 Å². The molecule has 3 rings (SSSR count). The fourth-order valence-electron chi connectivity index (χ4n) is 2.33. The summed E-state index contributed by atoms with van der Waals surface area (Å²) in [5.41, 5.74) is 5.59. The third-order valence-corrected chi connectivity index (χ3v) is 3.49. The Morgan fingerprint density at radius 3 is 2.80 bits per heavy atom. The molecule has 3 aromatic rings. The molecular formula is C16H18N4. The van der Waals surface area contributed by atoms with E-state index in [1.165, 1.54) is 11.1 Å². The maximum Gasteiger partial charge on any atom is 0.113 e. The van der Waals surface area contributed by atoms with Gasteiger partial charge in [-0.3, -0.25) is 0 Å². The number of aromatic nitrogens is 3. The van der Waals surface area contributed by atoms with Crippen molar-refractivity contribution in [3.63, 3.8) is 0 Å². The normalized spacial score (nSPS) is 11.1. The summed E-state index contributed by atoms with van der Waals surface area (Å²) >= 11 is 0. The number of hydrogen-bond acceptors (Lipinski definition) is 3. The van der Waals surface area contributed by atoms with Crippen molar-refractivity contribution < 1.29 is 0 Å². The van der Waals surface area contributed by atoms with Crippen LogP contribution < -0.4 is 5.32 Å². The summed E-state index contributed by atoms with van der Waals surface area (Å²) in [5, 5.41) is 11.8. The van der Waals surface area contributed by atoms with E-state index in [1.807, 2.05) is 28.9 Å². The summed E-state index contributed by atoms with van der Waals surface area (Å²) in [4.78, 5) is 0. The third-order valence-electron chi connectivity index (χ3n) is 3.49. The van der Waals surface area contributed by atoms with Crippen LogP contribution in [0.25, 0.3) is 16.7 Å². The molecule has 2 aromatic carbocycles. The van der Waals surface area contributed by atoms with Crippen LogP contribution in [0, 0.1) is 6.92 Å². The number of fused-ring (bicyclic) bond motifs is 1. The first-order chi connectivity index (χ1) is 9.79. The molecule has 0 atom stereocenters. The number of nitrogens with zero attached hydrogens (tertiary/aromatic N) is 3. The second-order valence-electron chi connectivity index (χ2n) is 4.88. The Hall–Kier alpha value is -2.20. The first kappa shape index (κ1) is 12.8. The molecule has 0 radical (unpaired) electrons. The summed E-state index contributed by atoms with van der Waals surface area (Å²) in [6, 6.07) is 14.4. The monoisotopic (exact) mass is 266 g/mol. The van der Waals surface area contributed by atoms with E-state index in [-0.39, 0.29) is 0 Å². The predicted octanol–water partition coefficient (Wildman–Crippen LogP) is 2.84. The van der Waals surface area contributed by atoms with Crippen LogP contribution in [0.4, 0.5) is 0 Å². The average molecular weight is 266 g/mol. The van der Waals surface area contributed by atoms with E-state index in [1.54, 1.807) is 0 Å². The molecule has 20 heavy (non-hydrogen) atoms. The van der Waals surface area contributed by atoms with Crippen LogP contribution in [0.15, 0.2) is 42.5 Å². The zero-order valence-electron chi connectivity index (χ0n) is 11.8. The van der Waals surface area contributed by atoms with Crippen LogP contribution in [0.2, 0.25) is 0 Å². The lowest BCUT2D eigenvalue weighted by Gasteiger charge is -2.09. The minimum absolute atomic E-state index is 0.903. The molecule has 4 nitrogen and oxygen atoms in total. The Kier molecular flexibility index (Phi) is 3.48. The lowest BCUT2D eigenvalue weighted by Crippen LogP contribution is -2.12. The van der Waals surface area contributed by atoms with E-state index in [9.17, 15) is 0 Å². The van der Waals surface area contributed by atoms with E-state index in [4.69, 9.17) is 0 Å². The molecule has 0 bridgehead atoms. The van der Waals surface area contributed by atoms with Crippen molar-refractivity contribution >= 4 is 11.0 Å². The third kappa shape index (κ3) is 2.30. The lowest BCUT2D eigenvalue weighted by molar-refractivity contribution is 0.722. The van der Waals surface area contributed by atoms with E-state index in [0.717, 1.165) is 29.8 Å². The van der Waals surface area contributed by atoms with Gasteiger partial charge in [0.25, 0.3) is 0 Å². The summed E-state index contributed by atoms with van der Waals surface area (Å²) in [5.74, 6) is 0. The maximum atomic E-state index is 4.25. The van der Waals surface area contributed by atoms with Crippen molar-refractivity contribution in [2.45, 2.75) is 20.4 Å². The van der Waals surface area contributed by atoms with Crippen LogP contribution >= 0.6 is 0 Å². The molecular weight excluding hydrogens is 248 g/mol. The van der Waals surface area contributed by atoms with Gasteiger partial charge in [0, 0.05) is 6.54 Å². The van der Waals surface area contributed by atoms with Crippen LogP contribution in [0.3, 0.4) is 0 Å². The molecule has 1 heterocycles. The van der Waals surface area contributed by atoms with Gasteiger partial charge in [0.05, 0.1) is 11.2 Å². The summed E-state index contributed by atoms with van der Waals surface area (Å²) < 4.78 is 1.89. The number of rotatable bonds is 4. The van der Waals surface area contributed by atoms with Crippen molar-refractivity contribution in [3.8, 4) is 5.69 Å². The quantitative estimate of drug-likeness (QED) is 0.789. The number of hydrogen-bond donors (Lipinski definition) is 1. The number of nitrogens with one attached hydrogen (secondary N) is 1. The second-order valence-corrected chi connectivity index (χ2v) is 4.88. The summed E-state index contributed by atoms with van der Waals surface area (Å²) in [6.45, 7) is 6.14. The highest BCUT2D eigenvalue weighted by atomic mass is 15.4. The van der Waals surface area contributed by atoms with Gasteiger partial charge in [0.15, 0.2) is 0 Å². The predicted molar refractivity (Wildman–Crippen MR) is 81.0 cm³/mol. The first-order valence-corrected chi connectivity index (χ1v) is 6.90. The summed E-state index contributed by atoms with van der Waals surface area (Å²) in [7, 11) is 0. The molecule has 0 fully saturated rings. The van der Waals surface area contributed by atoms with Gasteiger partial charge < -0.3 is 5.32 Å². The Morgan fingerprint density at radius 2 is 2.00 bits per heavy atom. The zero-order valence-corrected chi connectivity index (χ0v) is 11.8. The molecule has 0 aliphatic rings. The number of para-hydroxylation sites is 1. The fourth-order valence-corrected chi connectivity index (χ4v) is 2.33. The molecule has 0 saturated heterocycles. The highest BCUT2D eigenvalue weighted by Crippen LogP contribution is 2.18. The molecule has 0 amide bonds. The Balaban J connectivity index is 2.00. The van der Waals surface area contributed by atoms with Crippen molar-refractivity contribution in [1.82, 2.24) is 20.3 Å². The average Bonchev–Trinajstić information content (AvgIpc) is 2.90. The van der Waals surface area contributed by atoms with Crippen LogP contribution in [-0.2, 0) is 6.54 Å². The van der Waals surface area contributed by atoms with Crippen LogP contribution in [0.5, 0.6) is 0 Å². The zero-order chi connectivity index (χ0) is 13.9. The van der Waals surface area contributed by atoms with Crippen molar-refractivity contribution in [3.05, 3.63) is 53.6 Å². The van der Waals surface area contributed by atoms with E-state index >= 15 is 0 Å². The fraction of sp³-hybridized carbons (Fsp3) is 0.250. The molecule has 1 N–H and O–H groups in total. The SMILES string of the molecule is CCNCc1ccc(-n2nnc3ccccc32)cc1C. The molecule has 0 aliphatic heterocycles. The van der Waals surface area contributed by atoms with E-state index in [2.05, 4.69) is 47.7 Å². The standard InChI is InChI=1S/C16H18N4/c1-3-17-11-13-8-9-14(10-12(13)2)20-16-7-5-4-6-15(16)18-19-20/h4-10,17H,3,11H2,1-2H3. The van der Waals surface area contributed by atoms with Gasteiger partial charge in [0.2, 0.25) is 0 Å². The number of aryl methyl sites for hydroxylation is 1. The molecule has 1 aromatic heterocycles. The maximum absolute atomic E-state index is 4.25. The van der Waals surface area contributed by atoms with Gasteiger partial charge in [-0.1, -0.05) is 30.3 Å². The van der Waals surface area contributed by atoms with Crippen molar-refractivity contribution in [2.24, 2.45) is 0 Å². The lowest BCUT2D eigenvalue weighted by atomic mass is 10.1. The topological polar surface area (TPSA) is 42.7 Å². The van der Waals surface area contributed by atoms with Gasteiger partial charge in [-0.05, 0) is 48.9 Å². The van der Waals surface area contributed by atoms with Gasteiger partial charge in [-0.25, -0.2) is 4.68 Å². The molecule has 0 saturated carbocycles. The van der Waals surface area contributed by atoms with Crippen LogP contribution in [0.1, 0.15) is 18.1 Å². The number of benzene rings is 2. The highest BCUT2D eigenvalue weighted by Gasteiger charge is 2.07. The largest absolute Gasteiger partial charge is 0.313 e. The molecule has 0 unspecified atom stereocenters. The smallest absolute Gasteiger partial charge is 0.113 e. The minimum atomic E-state index is 0.903. The highest BCUT2D eigenvalue weighted by molar-refractivity contribution is 5.75. The minimum Gasteiger partial charge on any atom is -0.313 e. The van der Waals surface area contributed by atoms with Gasteiger partial charge in [-0.15, -0.1) is 5.10 Å². The molecule has 4 heteroatoms. The van der Waals surface area contributed by atoms with Crippen molar-refractivity contribution in [2.75, 3.05) is 6.54 Å². The second kappa shape index (κ2) is 5.43. The van der Waals surface area contributed by atoms with E-state index < -0.39 is 0 Å². The Bertz CT molecular complexity index is 730. The first-order valence-electron chi connectivity index (χ1n) is 6.90. The van der Waals surface area contributed by atoms with E-state index in [0.29, 0.717) is 0 Å². The Morgan fingerprint density at radius 1 is 1.15 bits per heavy atom. The van der Waals surface area contributed by atoms with Gasteiger partial charge in [-0.2, -0.15) is 0 Å². The van der Waals surface area contributed by atoms with Gasteiger partial charge in [0.1, 0.15) is 5.52 Å².